The minimum Gasteiger partial charge on any atom is -0.490 e. The van der Waals surface area contributed by atoms with Gasteiger partial charge in [-0.1, -0.05) is 0 Å². The maximum absolute atomic E-state index is 12.9. The summed E-state index contributed by atoms with van der Waals surface area (Å²) in [5.41, 5.74) is -0.397. The highest BCUT2D eigenvalue weighted by Crippen LogP contribution is 2.30. The number of amides is 1. The van der Waals surface area contributed by atoms with Crippen LogP contribution >= 0.6 is 0 Å². The lowest BCUT2D eigenvalue weighted by Gasteiger charge is -2.21. The fourth-order valence-corrected chi connectivity index (χ4v) is 4.41. The first kappa shape index (κ1) is 21.1. The normalized spacial score (nSPS) is 16.5. The number of likely N-dealkylation sites (N-methyl/N-ethyl adjacent to an activating group) is 1. The van der Waals surface area contributed by atoms with E-state index in [2.05, 4.69) is 5.32 Å². The highest BCUT2D eigenvalue weighted by atomic mass is 32.2. The maximum atomic E-state index is 12.9. The van der Waals surface area contributed by atoms with E-state index in [9.17, 15) is 23.3 Å². The number of benzene rings is 1. The number of rotatable bonds is 7. The summed E-state index contributed by atoms with van der Waals surface area (Å²) in [7, 11) is -2.60. The van der Waals surface area contributed by atoms with E-state index in [-0.39, 0.29) is 36.2 Å². The molecule has 0 saturated carbocycles. The van der Waals surface area contributed by atoms with E-state index in [1.165, 1.54) is 23.5 Å². The summed E-state index contributed by atoms with van der Waals surface area (Å²) in [6.45, 7) is 4.11. The van der Waals surface area contributed by atoms with Gasteiger partial charge in [-0.3, -0.25) is 19.8 Å². The van der Waals surface area contributed by atoms with Gasteiger partial charge in [-0.05, 0) is 32.0 Å². The number of nitrogens with one attached hydrogen (secondary N) is 1. The Bertz CT molecular complexity index is 798. The van der Waals surface area contributed by atoms with Crippen LogP contribution in [0.3, 0.4) is 0 Å². The average Bonchev–Trinajstić information content (AvgIpc) is 2.87. The molecule has 0 bridgehead atoms. The third kappa shape index (κ3) is 5.15. The lowest BCUT2D eigenvalue weighted by molar-refractivity contribution is -0.386. The molecule has 1 heterocycles. The molecule has 10 nitrogen and oxygen atoms in total. The summed E-state index contributed by atoms with van der Waals surface area (Å²) in [5.74, 6) is -0.0949. The third-order valence-electron chi connectivity index (χ3n) is 4.27. The molecule has 0 atom stereocenters. The molecule has 1 aromatic rings. The molecule has 2 rings (SSSR count). The molecule has 11 heteroatoms. The van der Waals surface area contributed by atoms with Crippen molar-refractivity contribution in [3.8, 4) is 5.75 Å². The highest BCUT2D eigenvalue weighted by Gasteiger charge is 2.29. The SMILES string of the molecule is CCNC(=O)CN1CCCN(S(=O)(=O)c2ccc(OC)c([N+](=O)[O-])c2)CC1. The van der Waals surface area contributed by atoms with Gasteiger partial charge in [-0.2, -0.15) is 4.31 Å². The summed E-state index contributed by atoms with van der Waals surface area (Å²) in [6, 6.07) is 3.61. The maximum Gasteiger partial charge on any atom is 0.312 e. The molecule has 0 unspecified atom stereocenters. The van der Waals surface area contributed by atoms with Gasteiger partial charge in [0.2, 0.25) is 15.9 Å². The van der Waals surface area contributed by atoms with Crippen molar-refractivity contribution in [2.24, 2.45) is 0 Å². The van der Waals surface area contributed by atoms with E-state index in [1.54, 1.807) is 0 Å². The van der Waals surface area contributed by atoms with Crippen molar-refractivity contribution in [1.82, 2.24) is 14.5 Å². The van der Waals surface area contributed by atoms with Crippen LogP contribution in [-0.2, 0) is 14.8 Å². The number of ether oxygens (including phenoxy) is 1. The Morgan fingerprint density at radius 3 is 2.67 bits per heavy atom. The van der Waals surface area contributed by atoms with Gasteiger partial charge in [0.05, 0.1) is 23.5 Å². The predicted molar refractivity (Wildman–Crippen MR) is 98.1 cm³/mol. The van der Waals surface area contributed by atoms with Crippen LogP contribution in [0.4, 0.5) is 5.69 Å². The highest BCUT2D eigenvalue weighted by molar-refractivity contribution is 7.89. The lowest BCUT2D eigenvalue weighted by atomic mass is 10.3. The lowest BCUT2D eigenvalue weighted by Crippen LogP contribution is -2.40. The summed E-state index contributed by atoms with van der Waals surface area (Å²) in [4.78, 5) is 24.0. The standard InChI is InChI=1S/C16H24N4O6S/c1-3-17-16(21)12-18-7-4-8-19(10-9-18)27(24,25)13-5-6-15(26-2)14(11-13)20(22)23/h5-6,11H,3-4,7-10,12H2,1-2H3,(H,17,21). The molecular weight excluding hydrogens is 376 g/mol. The van der Waals surface area contributed by atoms with E-state index < -0.39 is 20.6 Å². The fourth-order valence-electron chi connectivity index (χ4n) is 2.92. The Labute approximate surface area is 158 Å². The predicted octanol–water partition coefficient (Wildman–Crippen LogP) is 0.436. The molecule has 0 radical (unpaired) electrons. The van der Waals surface area contributed by atoms with Gasteiger partial charge in [0, 0.05) is 32.2 Å². The van der Waals surface area contributed by atoms with Crippen LogP contribution < -0.4 is 10.1 Å². The van der Waals surface area contributed by atoms with Crippen LogP contribution in [0.15, 0.2) is 23.1 Å². The van der Waals surface area contributed by atoms with Gasteiger partial charge in [-0.25, -0.2) is 8.42 Å². The topological polar surface area (TPSA) is 122 Å². The number of carbonyl (C=O) groups excluding carboxylic acids is 1. The van der Waals surface area contributed by atoms with Gasteiger partial charge >= 0.3 is 5.69 Å². The second kappa shape index (κ2) is 9.11. The van der Waals surface area contributed by atoms with Crippen molar-refractivity contribution in [3.05, 3.63) is 28.3 Å². The zero-order valence-corrected chi connectivity index (χ0v) is 16.2. The van der Waals surface area contributed by atoms with Gasteiger partial charge in [0.1, 0.15) is 0 Å². The number of hydrogen-bond donors (Lipinski definition) is 1. The van der Waals surface area contributed by atoms with Gasteiger partial charge < -0.3 is 10.1 Å². The number of nitro benzene ring substituents is 1. The zero-order chi connectivity index (χ0) is 20.0. The summed E-state index contributed by atoms with van der Waals surface area (Å²) in [6.07, 6.45) is 0.566. The Morgan fingerprint density at radius 2 is 2.04 bits per heavy atom. The molecule has 0 spiro atoms. The fraction of sp³-hybridized carbons (Fsp3) is 0.562. The molecule has 0 aliphatic carbocycles. The second-order valence-electron chi connectivity index (χ2n) is 6.08. The van der Waals surface area contributed by atoms with Crippen molar-refractivity contribution in [2.75, 3.05) is 46.4 Å². The van der Waals surface area contributed by atoms with Crippen LogP contribution in [0, 0.1) is 10.1 Å². The monoisotopic (exact) mass is 400 g/mol. The van der Waals surface area contributed by atoms with Crippen molar-refractivity contribution in [3.63, 3.8) is 0 Å². The molecule has 1 aromatic carbocycles. The molecule has 1 aliphatic heterocycles. The first-order valence-electron chi connectivity index (χ1n) is 8.61. The molecule has 27 heavy (non-hydrogen) atoms. The minimum atomic E-state index is -3.88. The van der Waals surface area contributed by atoms with Gasteiger partial charge in [-0.15, -0.1) is 0 Å². The largest absolute Gasteiger partial charge is 0.490 e. The first-order valence-corrected chi connectivity index (χ1v) is 10.0. The van der Waals surface area contributed by atoms with Crippen molar-refractivity contribution in [2.45, 2.75) is 18.2 Å². The number of methoxy groups -OCH3 is 1. The molecular formula is C16H24N4O6S. The Morgan fingerprint density at radius 1 is 1.30 bits per heavy atom. The van der Waals surface area contributed by atoms with Crippen LogP contribution in [0.25, 0.3) is 0 Å². The number of carbonyl (C=O) groups is 1. The van der Waals surface area contributed by atoms with E-state index in [1.807, 2.05) is 11.8 Å². The van der Waals surface area contributed by atoms with Crippen molar-refractivity contribution < 1.29 is 22.9 Å². The quantitative estimate of drug-likeness (QED) is 0.520. The average molecular weight is 400 g/mol. The number of sulfonamides is 1. The Hall–Kier alpha value is -2.24. The van der Waals surface area contributed by atoms with E-state index in [0.29, 0.717) is 26.1 Å². The molecule has 1 amide bonds. The Kier molecular flexibility index (Phi) is 7.11. The first-order chi connectivity index (χ1) is 12.8. The molecule has 150 valence electrons. The zero-order valence-electron chi connectivity index (χ0n) is 15.4. The number of hydrogen-bond acceptors (Lipinski definition) is 7. The third-order valence-corrected chi connectivity index (χ3v) is 6.17. The van der Waals surface area contributed by atoms with E-state index >= 15 is 0 Å². The number of nitrogens with zero attached hydrogens (tertiary/aromatic N) is 3. The minimum absolute atomic E-state index is 0.00271. The van der Waals surface area contributed by atoms with Crippen LogP contribution in [0.1, 0.15) is 13.3 Å². The second-order valence-corrected chi connectivity index (χ2v) is 8.02. The van der Waals surface area contributed by atoms with Gasteiger partial charge in [0.25, 0.3) is 0 Å². The molecule has 1 N–H and O–H groups in total. The van der Waals surface area contributed by atoms with Gasteiger partial charge in [0.15, 0.2) is 5.75 Å². The number of nitro groups is 1. The van der Waals surface area contributed by atoms with Crippen molar-refractivity contribution in [1.29, 1.82) is 0 Å². The summed E-state index contributed by atoms with van der Waals surface area (Å²) < 4.78 is 32.0. The summed E-state index contributed by atoms with van der Waals surface area (Å²) in [5, 5.41) is 13.9. The molecule has 1 saturated heterocycles. The Balaban J connectivity index is 2.16. The van der Waals surface area contributed by atoms with E-state index in [4.69, 9.17) is 4.74 Å². The van der Waals surface area contributed by atoms with Crippen molar-refractivity contribution >= 4 is 21.6 Å². The van der Waals surface area contributed by atoms with Crippen LogP contribution in [0.5, 0.6) is 5.75 Å². The smallest absolute Gasteiger partial charge is 0.312 e. The molecule has 1 fully saturated rings. The summed E-state index contributed by atoms with van der Waals surface area (Å²) >= 11 is 0. The molecule has 0 aromatic heterocycles. The van der Waals surface area contributed by atoms with E-state index in [0.717, 1.165) is 6.07 Å². The van der Waals surface area contributed by atoms with Crippen LogP contribution in [0.2, 0.25) is 0 Å². The van der Waals surface area contributed by atoms with Crippen LogP contribution in [-0.4, -0.2) is 74.8 Å². The molecule has 1 aliphatic rings.